The molecule has 0 saturated heterocycles. The third kappa shape index (κ3) is 6.42. The van der Waals surface area contributed by atoms with Gasteiger partial charge in [-0.3, -0.25) is 0 Å². The maximum absolute atomic E-state index is 8.94. The fourth-order valence-corrected chi connectivity index (χ4v) is 3.74. The molecule has 0 aromatic heterocycles. The van der Waals surface area contributed by atoms with Gasteiger partial charge in [0.15, 0.2) is 0 Å². The van der Waals surface area contributed by atoms with Gasteiger partial charge in [0.2, 0.25) is 0 Å². The standard InChI is InChI=1S/C22H27NS/c1-2-3-4-5-6-7-10-19-13-15-21(16-14-19)24-22-12-9-8-11-20(22)17-18-23/h8-9,11-16H,2-7,10,17H2,1H3. The molecule has 2 rings (SSSR count). The van der Waals surface area contributed by atoms with E-state index in [9.17, 15) is 0 Å². The SMILES string of the molecule is CCCCCCCCc1ccc(Sc2ccccc2CC#N)cc1. The summed E-state index contributed by atoms with van der Waals surface area (Å²) >= 11 is 1.75. The zero-order chi connectivity index (χ0) is 17.0. The van der Waals surface area contributed by atoms with E-state index in [4.69, 9.17) is 5.26 Å². The second-order valence-corrected chi connectivity index (χ2v) is 7.32. The molecule has 0 saturated carbocycles. The molecule has 0 heterocycles. The summed E-state index contributed by atoms with van der Waals surface area (Å²) in [6.07, 6.45) is 9.74. The summed E-state index contributed by atoms with van der Waals surface area (Å²) in [6, 6.07) is 19.3. The molecule has 0 radical (unpaired) electrons. The van der Waals surface area contributed by atoms with E-state index >= 15 is 0 Å². The van der Waals surface area contributed by atoms with E-state index in [2.05, 4.69) is 43.3 Å². The van der Waals surface area contributed by atoms with Crippen molar-refractivity contribution in [3.05, 3.63) is 59.7 Å². The van der Waals surface area contributed by atoms with Gasteiger partial charge in [0, 0.05) is 9.79 Å². The van der Waals surface area contributed by atoms with E-state index in [0.717, 1.165) is 5.56 Å². The quantitative estimate of drug-likeness (QED) is 0.445. The van der Waals surface area contributed by atoms with Crippen LogP contribution in [0.1, 0.15) is 56.6 Å². The number of nitriles is 1. The first-order valence-corrected chi connectivity index (χ1v) is 9.86. The van der Waals surface area contributed by atoms with Gasteiger partial charge in [-0.25, -0.2) is 0 Å². The Morgan fingerprint density at radius 3 is 2.33 bits per heavy atom. The van der Waals surface area contributed by atoms with Crippen molar-refractivity contribution < 1.29 is 0 Å². The monoisotopic (exact) mass is 337 g/mol. The minimum absolute atomic E-state index is 0.472. The van der Waals surface area contributed by atoms with Crippen molar-refractivity contribution in [2.45, 2.75) is 68.1 Å². The topological polar surface area (TPSA) is 23.8 Å². The lowest BCUT2D eigenvalue weighted by molar-refractivity contribution is 0.607. The summed E-state index contributed by atoms with van der Waals surface area (Å²) in [5.41, 5.74) is 2.54. The minimum Gasteiger partial charge on any atom is -0.198 e. The molecule has 0 spiro atoms. The molecule has 2 aromatic rings. The van der Waals surface area contributed by atoms with Gasteiger partial charge in [0.05, 0.1) is 12.5 Å². The molecule has 0 bridgehead atoms. The third-order valence-corrected chi connectivity index (χ3v) is 5.34. The Balaban J connectivity index is 1.83. The van der Waals surface area contributed by atoms with Crippen molar-refractivity contribution in [3.8, 4) is 6.07 Å². The number of benzene rings is 2. The molecule has 0 unspecified atom stereocenters. The highest BCUT2D eigenvalue weighted by atomic mass is 32.2. The Hall–Kier alpha value is -1.72. The van der Waals surface area contributed by atoms with Gasteiger partial charge in [-0.05, 0) is 42.2 Å². The van der Waals surface area contributed by atoms with Crippen LogP contribution in [0.4, 0.5) is 0 Å². The maximum Gasteiger partial charge on any atom is 0.0670 e. The molecule has 0 N–H and O–H groups in total. The van der Waals surface area contributed by atoms with Gasteiger partial charge in [0.1, 0.15) is 0 Å². The summed E-state index contributed by atoms with van der Waals surface area (Å²) in [4.78, 5) is 2.43. The lowest BCUT2D eigenvalue weighted by Gasteiger charge is -2.07. The summed E-state index contributed by atoms with van der Waals surface area (Å²) in [7, 11) is 0. The first-order valence-electron chi connectivity index (χ1n) is 9.05. The summed E-state index contributed by atoms with van der Waals surface area (Å²) in [5.74, 6) is 0. The number of aryl methyl sites for hydroxylation is 1. The van der Waals surface area contributed by atoms with Crippen LogP contribution in [-0.2, 0) is 12.8 Å². The maximum atomic E-state index is 8.94. The lowest BCUT2D eigenvalue weighted by Crippen LogP contribution is -1.88. The fourth-order valence-electron chi connectivity index (χ4n) is 2.80. The van der Waals surface area contributed by atoms with Crippen LogP contribution in [0.3, 0.4) is 0 Å². The number of unbranched alkanes of at least 4 members (excludes halogenated alkanes) is 5. The average Bonchev–Trinajstić information content (AvgIpc) is 2.61. The van der Waals surface area contributed by atoms with E-state index in [1.165, 1.54) is 60.3 Å². The summed E-state index contributed by atoms with van der Waals surface area (Å²) in [6.45, 7) is 2.26. The van der Waals surface area contributed by atoms with Gasteiger partial charge in [0.25, 0.3) is 0 Å². The fraction of sp³-hybridized carbons (Fsp3) is 0.409. The molecule has 2 heteroatoms. The predicted octanol–water partition coefficient (Wildman–Crippen LogP) is 6.81. The Labute approximate surface area is 151 Å². The van der Waals surface area contributed by atoms with Crippen molar-refractivity contribution >= 4 is 11.8 Å². The van der Waals surface area contributed by atoms with Crippen LogP contribution in [0.5, 0.6) is 0 Å². The molecule has 0 aliphatic rings. The number of hydrogen-bond donors (Lipinski definition) is 0. The van der Waals surface area contributed by atoms with E-state index < -0.39 is 0 Å². The smallest absolute Gasteiger partial charge is 0.0670 e. The highest BCUT2D eigenvalue weighted by Gasteiger charge is 2.04. The summed E-state index contributed by atoms with van der Waals surface area (Å²) in [5, 5.41) is 8.94. The molecule has 24 heavy (non-hydrogen) atoms. The minimum atomic E-state index is 0.472. The molecule has 0 aliphatic heterocycles. The van der Waals surface area contributed by atoms with E-state index in [1.54, 1.807) is 11.8 Å². The molecular weight excluding hydrogens is 310 g/mol. The average molecular weight is 338 g/mol. The zero-order valence-corrected chi connectivity index (χ0v) is 15.4. The van der Waals surface area contributed by atoms with E-state index in [-0.39, 0.29) is 0 Å². The number of rotatable bonds is 10. The van der Waals surface area contributed by atoms with Crippen LogP contribution in [-0.4, -0.2) is 0 Å². The van der Waals surface area contributed by atoms with Gasteiger partial charge < -0.3 is 0 Å². The van der Waals surface area contributed by atoms with E-state index in [1.807, 2.05) is 18.2 Å². The molecule has 2 aromatic carbocycles. The van der Waals surface area contributed by atoms with Crippen molar-refractivity contribution in [3.63, 3.8) is 0 Å². The molecule has 0 fully saturated rings. The summed E-state index contributed by atoms with van der Waals surface area (Å²) < 4.78 is 0. The van der Waals surface area contributed by atoms with Crippen LogP contribution in [0.25, 0.3) is 0 Å². The molecule has 0 aliphatic carbocycles. The first kappa shape index (κ1) is 18.6. The van der Waals surface area contributed by atoms with Crippen LogP contribution in [0.15, 0.2) is 58.3 Å². The van der Waals surface area contributed by atoms with E-state index in [0.29, 0.717) is 6.42 Å². The van der Waals surface area contributed by atoms with Gasteiger partial charge in [-0.15, -0.1) is 0 Å². The second-order valence-electron chi connectivity index (χ2n) is 6.21. The second kappa shape index (κ2) is 10.9. The zero-order valence-electron chi connectivity index (χ0n) is 14.6. The van der Waals surface area contributed by atoms with Crippen molar-refractivity contribution in [1.29, 1.82) is 5.26 Å². The number of hydrogen-bond acceptors (Lipinski definition) is 2. The highest BCUT2D eigenvalue weighted by Crippen LogP contribution is 2.31. The molecular formula is C22H27NS. The third-order valence-electron chi connectivity index (χ3n) is 4.21. The molecule has 126 valence electrons. The van der Waals surface area contributed by atoms with Crippen LogP contribution in [0, 0.1) is 11.3 Å². The highest BCUT2D eigenvalue weighted by molar-refractivity contribution is 7.99. The van der Waals surface area contributed by atoms with Crippen molar-refractivity contribution in [2.75, 3.05) is 0 Å². The van der Waals surface area contributed by atoms with Crippen LogP contribution >= 0.6 is 11.8 Å². The molecule has 0 atom stereocenters. The lowest BCUT2D eigenvalue weighted by atomic mass is 10.1. The van der Waals surface area contributed by atoms with Gasteiger partial charge in [-0.2, -0.15) is 5.26 Å². The van der Waals surface area contributed by atoms with Gasteiger partial charge in [-0.1, -0.05) is 81.1 Å². The van der Waals surface area contributed by atoms with Crippen molar-refractivity contribution in [1.82, 2.24) is 0 Å². The Bertz CT molecular complexity index is 640. The number of nitrogens with zero attached hydrogens (tertiary/aromatic N) is 1. The first-order chi connectivity index (χ1) is 11.8. The Morgan fingerprint density at radius 1 is 0.875 bits per heavy atom. The van der Waals surface area contributed by atoms with Gasteiger partial charge >= 0.3 is 0 Å². The van der Waals surface area contributed by atoms with Crippen LogP contribution in [0.2, 0.25) is 0 Å². The van der Waals surface area contributed by atoms with Crippen LogP contribution < -0.4 is 0 Å². The molecule has 0 amide bonds. The van der Waals surface area contributed by atoms with Crippen molar-refractivity contribution in [2.24, 2.45) is 0 Å². The normalized spacial score (nSPS) is 10.5. The Kier molecular flexibility index (Phi) is 8.49. The Morgan fingerprint density at radius 2 is 1.58 bits per heavy atom. The largest absolute Gasteiger partial charge is 0.198 e. The molecule has 1 nitrogen and oxygen atoms in total. The predicted molar refractivity (Wildman–Crippen MR) is 103 cm³/mol.